The lowest BCUT2D eigenvalue weighted by molar-refractivity contribution is 0.262. The largest absolute Gasteiger partial charge is 0.489 e. The van der Waals surface area contributed by atoms with Gasteiger partial charge >= 0.3 is 6.03 Å². The summed E-state index contributed by atoms with van der Waals surface area (Å²) in [6, 6.07) is 15.9. The molecule has 7 heteroatoms. The molecule has 0 fully saturated rings. The molecular formula is C21H22ClN3O3. The summed E-state index contributed by atoms with van der Waals surface area (Å²) in [5.41, 5.74) is 1.48. The van der Waals surface area contributed by atoms with Crippen molar-refractivity contribution in [1.82, 2.24) is 5.16 Å². The molecule has 0 aliphatic heterocycles. The van der Waals surface area contributed by atoms with Crippen LogP contribution in [0.15, 0.2) is 59.1 Å². The number of hydrogen-bond acceptors (Lipinski definition) is 4. The van der Waals surface area contributed by atoms with Gasteiger partial charge in [0.15, 0.2) is 5.82 Å². The van der Waals surface area contributed by atoms with Crippen molar-refractivity contribution < 1.29 is 14.1 Å². The highest BCUT2D eigenvalue weighted by molar-refractivity contribution is 6.30. The average Bonchev–Trinajstić information content (AvgIpc) is 3.11. The first-order valence-corrected chi connectivity index (χ1v) is 9.20. The Morgan fingerprint density at radius 3 is 2.36 bits per heavy atom. The van der Waals surface area contributed by atoms with E-state index in [1.165, 1.54) is 0 Å². The van der Waals surface area contributed by atoms with E-state index in [1.807, 2.05) is 45.0 Å². The number of urea groups is 1. The standard InChI is InChI=1S/C21H22ClN3O3/c1-21(2,3)18-12-19(25-28-18)24-20(26)23-16-8-10-17(11-9-16)27-13-14-4-6-15(22)7-5-14/h4-12H,13H2,1-3H3,(H2,23,24,25,26). The topological polar surface area (TPSA) is 76.4 Å². The lowest BCUT2D eigenvalue weighted by Crippen LogP contribution is -2.19. The van der Waals surface area contributed by atoms with Crippen LogP contribution in [0, 0.1) is 0 Å². The maximum atomic E-state index is 12.1. The molecule has 0 aliphatic rings. The molecule has 0 saturated heterocycles. The third-order valence-corrected chi connectivity index (χ3v) is 4.17. The molecule has 2 aromatic carbocycles. The van der Waals surface area contributed by atoms with E-state index >= 15 is 0 Å². The Morgan fingerprint density at radius 1 is 1.07 bits per heavy atom. The van der Waals surface area contributed by atoms with Crippen LogP contribution in [0.2, 0.25) is 5.02 Å². The molecular weight excluding hydrogens is 378 g/mol. The third-order valence-electron chi connectivity index (χ3n) is 3.92. The van der Waals surface area contributed by atoms with Crippen molar-refractivity contribution in [1.29, 1.82) is 0 Å². The molecule has 0 spiro atoms. The van der Waals surface area contributed by atoms with Crippen LogP contribution in [0.4, 0.5) is 16.3 Å². The second-order valence-electron chi connectivity index (χ2n) is 7.35. The number of rotatable bonds is 5. The maximum absolute atomic E-state index is 12.1. The number of ether oxygens (including phenoxy) is 1. The van der Waals surface area contributed by atoms with Gasteiger partial charge in [-0.15, -0.1) is 0 Å². The van der Waals surface area contributed by atoms with Gasteiger partial charge in [0.1, 0.15) is 18.1 Å². The third kappa shape index (κ3) is 5.50. The van der Waals surface area contributed by atoms with Crippen molar-refractivity contribution in [3.8, 4) is 5.75 Å². The summed E-state index contributed by atoms with van der Waals surface area (Å²) in [7, 11) is 0. The van der Waals surface area contributed by atoms with Crippen molar-refractivity contribution in [3.05, 3.63) is 70.9 Å². The lowest BCUT2D eigenvalue weighted by atomic mass is 9.93. The van der Waals surface area contributed by atoms with E-state index in [9.17, 15) is 4.79 Å². The fraction of sp³-hybridized carbons (Fsp3) is 0.238. The summed E-state index contributed by atoms with van der Waals surface area (Å²) in [4.78, 5) is 12.1. The molecule has 0 radical (unpaired) electrons. The van der Waals surface area contributed by atoms with E-state index in [-0.39, 0.29) is 5.41 Å². The van der Waals surface area contributed by atoms with Crippen LogP contribution in [0.25, 0.3) is 0 Å². The van der Waals surface area contributed by atoms with E-state index < -0.39 is 6.03 Å². The zero-order chi connectivity index (χ0) is 20.1. The Kier molecular flexibility index (Phi) is 5.90. The number of aromatic nitrogens is 1. The number of amides is 2. The Bertz CT molecular complexity index is 929. The molecule has 3 rings (SSSR count). The fourth-order valence-electron chi connectivity index (χ4n) is 2.35. The summed E-state index contributed by atoms with van der Waals surface area (Å²) in [6.45, 7) is 6.46. The Hall–Kier alpha value is -2.99. The van der Waals surface area contributed by atoms with Gasteiger partial charge in [-0.2, -0.15) is 0 Å². The van der Waals surface area contributed by atoms with Crippen molar-refractivity contribution in [2.45, 2.75) is 32.8 Å². The van der Waals surface area contributed by atoms with Crippen molar-refractivity contribution in [2.75, 3.05) is 10.6 Å². The summed E-state index contributed by atoms with van der Waals surface area (Å²) in [6.07, 6.45) is 0. The van der Waals surface area contributed by atoms with Crippen LogP contribution in [-0.2, 0) is 12.0 Å². The number of carbonyl (C=O) groups excluding carboxylic acids is 1. The number of benzene rings is 2. The van der Waals surface area contributed by atoms with Crippen LogP contribution in [-0.4, -0.2) is 11.2 Å². The minimum atomic E-state index is -0.399. The minimum absolute atomic E-state index is 0.175. The van der Waals surface area contributed by atoms with E-state index in [4.69, 9.17) is 20.9 Å². The molecule has 6 nitrogen and oxygen atoms in total. The van der Waals surface area contributed by atoms with E-state index in [0.717, 1.165) is 5.56 Å². The predicted molar refractivity (Wildman–Crippen MR) is 110 cm³/mol. The molecule has 1 aromatic heterocycles. The molecule has 0 unspecified atom stereocenters. The van der Waals surface area contributed by atoms with E-state index in [0.29, 0.717) is 34.6 Å². The van der Waals surface area contributed by atoms with E-state index in [2.05, 4.69) is 15.8 Å². The summed E-state index contributed by atoms with van der Waals surface area (Å²) < 4.78 is 11.0. The molecule has 0 aliphatic carbocycles. The van der Waals surface area contributed by atoms with Crippen LogP contribution in [0.1, 0.15) is 32.1 Å². The average molecular weight is 400 g/mol. The van der Waals surface area contributed by atoms with Gasteiger partial charge in [0.25, 0.3) is 0 Å². The lowest BCUT2D eigenvalue weighted by Gasteiger charge is -2.12. The first-order valence-electron chi connectivity index (χ1n) is 8.82. The Morgan fingerprint density at radius 2 is 1.75 bits per heavy atom. The zero-order valence-electron chi connectivity index (χ0n) is 16.0. The number of carbonyl (C=O) groups is 1. The first kappa shape index (κ1) is 19.8. The minimum Gasteiger partial charge on any atom is -0.489 e. The first-order chi connectivity index (χ1) is 13.3. The molecule has 1 heterocycles. The molecule has 3 aromatic rings. The smallest absolute Gasteiger partial charge is 0.324 e. The molecule has 2 amide bonds. The van der Waals surface area contributed by atoms with Crippen molar-refractivity contribution in [2.24, 2.45) is 0 Å². The molecule has 146 valence electrons. The van der Waals surface area contributed by atoms with Gasteiger partial charge in [0.2, 0.25) is 0 Å². The quantitative estimate of drug-likeness (QED) is 0.564. The molecule has 28 heavy (non-hydrogen) atoms. The predicted octanol–water partition coefficient (Wildman–Crippen LogP) is 5.85. The summed E-state index contributed by atoms with van der Waals surface area (Å²) in [5.74, 6) is 1.77. The number of halogens is 1. The van der Waals surface area contributed by atoms with Gasteiger partial charge in [-0.25, -0.2) is 4.79 Å². The normalized spacial score (nSPS) is 11.1. The molecule has 0 atom stereocenters. The SMILES string of the molecule is CC(C)(C)c1cc(NC(=O)Nc2ccc(OCc3ccc(Cl)cc3)cc2)no1. The van der Waals surface area contributed by atoms with Gasteiger partial charge in [-0.05, 0) is 42.0 Å². The Labute approximate surface area is 168 Å². The molecule has 0 bridgehead atoms. The molecule has 2 N–H and O–H groups in total. The van der Waals surface area contributed by atoms with Crippen LogP contribution < -0.4 is 15.4 Å². The second-order valence-corrected chi connectivity index (χ2v) is 7.78. The van der Waals surface area contributed by atoms with Gasteiger partial charge < -0.3 is 14.6 Å². The van der Waals surface area contributed by atoms with E-state index in [1.54, 1.807) is 30.3 Å². The van der Waals surface area contributed by atoms with Gasteiger partial charge in [0.05, 0.1) is 0 Å². The number of nitrogens with one attached hydrogen (secondary N) is 2. The highest BCUT2D eigenvalue weighted by Gasteiger charge is 2.20. The number of nitrogens with zero attached hydrogens (tertiary/aromatic N) is 1. The monoisotopic (exact) mass is 399 g/mol. The highest BCUT2D eigenvalue weighted by atomic mass is 35.5. The Balaban J connectivity index is 1.51. The van der Waals surface area contributed by atoms with Crippen LogP contribution in [0.5, 0.6) is 5.75 Å². The second kappa shape index (κ2) is 8.35. The number of hydrogen-bond donors (Lipinski definition) is 2. The van der Waals surface area contributed by atoms with Gasteiger partial charge in [0, 0.05) is 22.2 Å². The van der Waals surface area contributed by atoms with Crippen molar-refractivity contribution in [3.63, 3.8) is 0 Å². The summed E-state index contributed by atoms with van der Waals surface area (Å²) in [5, 5.41) is 9.95. The maximum Gasteiger partial charge on any atom is 0.324 e. The molecule has 0 saturated carbocycles. The van der Waals surface area contributed by atoms with Crippen molar-refractivity contribution >= 4 is 29.1 Å². The highest BCUT2D eigenvalue weighted by Crippen LogP contribution is 2.24. The fourth-order valence-corrected chi connectivity index (χ4v) is 2.47. The van der Waals surface area contributed by atoms with Crippen LogP contribution in [0.3, 0.4) is 0 Å². The zero-order valence-corrected chi connectivity index (χ0v) is 16.7. The van der Waals surface area contributed by atoms with Gasteiger partial charge in [-0.3, -0.25) is 5.32 Å². The number of anilines is 2. The van der Waals surface area contributed by atoms with Crippen LogP contribution >= 0.6 is 11.6 Å². The van der Waals surface area contributed by atoms with Gasteiger partial charge in [-0.1, -0.05) is 49.7 Å². The summed E-state index contributed by atoms with van der Waals surface area (Å²) >= 11 is 5.87.